The largest absolute Gasteiger partial charge is 0.442 e. The number of cyclic esters (lactones) is 1. The molecule has 0 unspecified atom stereocenters. The van der Waals surface area contributed by atoms with Crippen LogP contribution < -0.4 is 15.1 Å². The first-order valence-corrected chi connectivity index (χ1v) is 12.7. The lowest BCUT2D eigenvalue weighted by Gasteiger charge is -2.36. The predicted octanol–water partition coefficient (Wildman–Crippen LogP) is 2.94. The second kappa shape index (κ2) is 10.3. The van der Waals surface area contributed by atoms with E-state index in [-0.39, 0.29) is 24.8 Å². The van der Waals surface area contributed by atoms with E-state index in [0.29, 0.717) is 23.3 Å². The molecule has 2 amide bonds. The van der Waals surface area contributed by atoms with Crippen molar-refractivity contribution >= 4 is 35.1 Å². The first-order chi connectivity index (χ1) is 15.5. The normalized spacial score (nSPS) is 25.7. The van der Waals surface area contributed by atoms with Crippen LogP contribution in [0.4, 0.5) is 20.6 Å². The number of hydrogen-bond donors (Lipinski definition) is 1. The van der Waals surface area contributed by atoms with Gasteiger partial charge in [0.15, 0.2) is 0 Å². The highest BCUT2D eigenvalue weighted by molar-refractivity contribution is 7.99. The predicted molar refractivity (Wildman–Crippen MR) is 126 cm³/mol. The van der Waals surface area contributed by atoms with Crippen LogP contribution in [0.3, 0.4) is 0 Å². The molecular weight excluding hydrogens is 431 g/mol. The van der Waals surface area contributed by atoms with Gasteiger partial charge in [-0.2, -0.15) is 11.8 Å². The van der Waals surface area contributed by atoms with Gasteiger partial charge >= 0.3 is 6.09 Å². The van der Waals surface area contributed by atoms with Crippen molar-refractivity contribution in [1.29, 1.82) is 0 Å². The Morgan fingerprint density at radius 1 is 1.31 bits per heavy atom. The fourth-order valence-corrected chi connectivity index (χ4v) is 5.74. The van der Waals surface area contributed by atoms with Gasteiger partial charge in [0.1, 0.15) is 11.9 Å². The molecule has 4 rings (SSSR count). The third-order valence-corrected chi connectivity index (χ3v) is 7.54. The Balaban J connectivity index is 1.40. The molecule has 1 aromatic carbocycles. The molecule has 3 aliphatic rings. The maximum atomic E-state index is 15.2. The molecule has 3 fully saturated rings. The number of rotatable bonds is 8. The zero-order valence-electron chi connectivity index (χ0n) is 18.9. The van der Waals surface area contributed by atoms with Gasteiger partial charge in [0.05, 0.1) is 24.5 Å². The number of hydrogen-bond acceptors (Lipinski definition) is 6. The smallest absolute Gasteiger partial charge is 0.414 e. The number of nitrogens with zero attached hydrogens (tertiary/aromatic N) is 3. The fourth-order valence-electron chi connectivity index (χ4n) is 5.09. The number of fused-ring (bicyclic) bond motifs is 1. The molecule has 0 aromatic heterocycles. The SMILES string of the molecule is CCSCCN1CCC[C@H]2CN(c3ccc(N4C[C@H](CNC(C)=O)OC4=O)cc3F)C[C@H]21. The van der Waals surface area contributed by atoms with Crippen LogP contribution in [-0.2, 0) is 9.53 Å². The van der Waals surface area contributed by atoms with Crippen LogP contribution in [0.2, 0.25) is 0 Å². The van der Waals surface area contributed by atoms with Gasteiger partial charge in [-0.1, -0.05) is 6.92 Å². The lowest BCUT2D eigenvalue weighted by atomic mass is 9.92. The Morgan fingerprint density at radius 3 is 2.91 bits per heavy atom. The minimum absolute atomic E-state index is 0.177. The summed E-state index contributed by atoms with van der Waals surface area (Å²) in [6, 6.07) is 5.49. The van der Waals surface area contributed by atoms with Gasteiger partial charge in [-0.25, -0.2) is 9.18 Å². The first kappa shape index (κ1) is 23.2. The summed E-state index contributed by atoms with van der Waals surface area (Å²) < 4.78 is 20.5. The van der Waals surface area contributed by atoms with E-state index in [4.69, 9.17) is 4.74 Å². The van der Waals surface area contributed by atoms with Crippen LogP contribution in [0.1, 0.15) is 26.7 Å². The highest BCUT2D eigenvalue weighted by atomic mass is 32.2. The summed E-state index contributed by atoms with van der Waals surface area (Å²) >= 11 is 1.98. The number of ether oxygens (including phenoxy) is 1. The minimum Gasteiger partial charge on any atom is -0.442 e. The van der Waals surface area contributed by atoms with E-state index in [2.05, 4.69) is 22.0 Å². The monoisotopic (exact) mass is 464 g/mol. The topological polar surface area (TPSA) is 65.1 Å². The van der Waals surface area contributed by atoms with E-state index in [0.717, 1.165) is 37.7 Å². The number of thioether (sulfide) groups is 1. The van der Waals surface area contributed by atoms with Crippen LogP contribution >= 0.6 is 11.8 Å². The average Bonchev–Trinajstić information content (AvgIpc) is 3.36. The van der Waals surface area contributed by atoms with Crippen molar-refractivity contribution in [3.63, 3.8) is 0 Å². The number of likely N-dealkylation sites (tertiary alicyclic amines) is 1. The standard InChI is InChI=1S/C23H33FN4O3S/c1-3-32-10-9-26-8-4-5-17-13-27(15-22(17)26)21-7-6-18(11-20(21)24)28-14-19(31-23(28)30)12-25-16(2)29/h6-7,11,17,19,22H,3-5,8-10,12-15H2,1-2H3,(H,25,29)/t17-,19-,22+/m0/s1. The molecule has 0 spiro atoms. The van der Waals surface area contributed by atoms with Gasteiger partial charge in [0.2, 0.25) is 5.91 Å². The van der Waals surface area contributed by atoms with Crippen molar-refractivity contribution < 1.29 is 18.7 Å². The van der Waals surface area contributed by atoms with Crippen molar-refractivity contribution in [2.45, 2.75) is 38.8 Å². The second-order valence-electron chi connectivity index (χ2n) is 8.80. The molecule has 1 N–H and O–H groups in total. The molecule has 32 heavy (non-hydrogen) atoms. The lowest BCUT2D eigenvalue weighted by molar-refractivity contribution is -0.119. The molecule has 1 aromatic rings. The molecule has 3 aliphatic heterocycles. The van der Waals surface area contributed by atoms with E-state index < -0.39 is 12.2 Å². The molecule has 0 bridgehead atoms. The zero-order chi connectivity index (χ0) is 22.7. The van der Waals surface area contributed by atoms with E-state index >= 15 is 4.39 Å². The van der Waals surface area contributed by atoms with E-state index in [9.17, 15) is 9.59 Å². The summed E-state index contributed by atoms with van der Waals surface area (Å²) in [6.45, 7) is 8.12. The zero-order valence-corrected chi connectivity index (χ0v) is 19.7. The number of nitrogens with one attached hydrogen (secondary N) is 1. The Hall–Kier alpha value is -2.00. The number of benzene rings is 1. The second-order valence-corrected chi connectivity index (χ2v) is 10.2. The van der Waals surface area contributed by atoms with E-state index in [1.807, 2.05) is 11.8 Å². The highest BCUT2D eigenvalue weighted by Crippen LogP contribution is 2.36. The summed E-state index contributed by atoms with van der Waals surface area (Å²) in [5.41, 5.74) is 1.09. The van der Waals surface area contributed by atoms with Crippen LogP contribution in [0.25, 0.3) is 0 Å². The summed E-state index contributed by atoms with van der Waals surface area (Å²) in [6.07, 6.45) is 1.46. The number of anilines is 2. The van der Waals surface area contributed by atoms with Crippen LogP contribution in [0.5, 0.6) is 0 Å². The summed E-state index contributed by atoms with van der Waals surface area (Å²) in [4.78, 5) is 29.5. The van der Waals surface area contributed by atoms with E-state index in [1.54, 1.807) is 12.1 Å². The van der Waals surface area contributed by atoms with E-state index in [1.165, 1.54) is 30.7 Å². The van der Waals surface area contributed by atoms with Gasteiger partial charge < -0.3 is 15.0 Å². The summed E-state index contributed by atoms with van der Waals surface area (Å²) in [5, 5.41) is 2.65. The molecule has 176 valence electrons. The first-order valence-electron chi connectivity index (χ1n) is 11.5. The lowest BCUT2D eigenvalue weighted by Crippen LogP contribution is -2.46. The highest BCUT2D eigenvalue weighted by Gasteiger charge is 2.39. The van der Waals surface area contributed by atoms with Crippen LogP contribution in [0, 0.1) is 11.7 Å². The number of carbonyl (C=O) groups excluding carboxylic acids is 2. The van der Waals surface area contributed by atoms with Crippen molar-refractivity contribution in [3.05, 3.63) is 24.0 Å². The maximum absolute atomic E-state index is 15.2. The van der Waals surface area contributed by atoms with Gasteiger partial charge in [0.25, 0.3) is 0 Å². The minimum atomic E-state index is -0.514. The van der Waals surface area contributed by atoms with Crippen LogP contribution in [-0.4, -0.2) is 79.8 Å². The molecule has 0 saturated carbocycles. The molecule has 9 heteroatoms. The summed E-state index contributed by atoms with van der Waals surface area (Å²) in [7, 11) is 0. The molecule has 7 nitrogen and oxygen atoms in total. The number of carbonyl (C=O) groups is 2. The third-order valence-electron chi connectivity index (χ3n) is 6.66. The molecule has 0 radical (unpaired) electrons. The van der Waals surface area contributed by atoms with Crippen molar-refractivity contribution in [2.75, 3.05) is 60.6 Å². The number of amides is 2. The van der Waals surface area contributed by atoms with Gasteiger partial charge in [-0.05, 0) is 49.3 Å². The average molecular weight is 465 g/mol. The third kappa shape index (κ3) is 5.14. The number of halogens is 1. The van der Waals surface area contributed by atoms with Gasteiger partial charge in [0, 0.05) is 38.4 Å². The molecule has 3 heterocycles. The van der Waals surface area contributed by atoms with Crippen molar-refractivity contribution in [3.8, 4) is 0 Å². The van der Waals surface area contributed by atoms with Crippen molar-refractivity contribution in [1.82, 2.24) is 10.2 Å². The molecular formula is C23H33FN4O3S. The van der Waals surface area contributed by atoms with Gasteiger partial charge in [-0.3, -0.25) is 14.6 Å². The number of piperidine rings is 1. The molecule has 3 atom stereocenters. The Labute approximate surface area is 193 Å². The quantitative estimate of drug-likeness (QED) is 0.597. The molecule has 3 saturated heterocycles. The molecule has 0 aliphatic carbocycles. The fraction of sp³-hybridized carbons (Fsp3) is 0.652. The summed E-state index contributed by atoms with van der Waals surface area (Å²) in [5.74, 6) is 2.38. The Kier molecular flexibility index (Phi) is 7.45. The Morgan fingerprint density at radius 2 is 2.16 bits per heavy atom. The van der Waals surface area contributed by atoms with Gasteiger partial charge in [-0.15, -0.1) is 0 Å². The van der Waals surface area contributed by atoms with Crippen LogP contribution in [0.15, 0.2) is 18.2 Å². The maximum Gasteiger partial charge on any atom is 0.414 e. The van der Waals surface area contributed by atoms with Crippen molar-refractivity contribution in [2.24, 2.45) is 5.92 Å². The Bertz CT molecular complexity index is 841.